The van der Waals surface area contributed by atoms with Crippen LogP contribution >= 0.6 is 22.9 Å². The minimum Gasteiger partial charge on any atom is -0.149 e. The molecule has 1 unspecified atom stereocenters. The molecule has 2 heteroatoms. The lowest BCUT2D eigenvalue weighted by atomic mass is 10.0. The molecule has 0 N–H and O–H groups in total. The molecule has 62 valence electrons. The van der Waals surface area contributed by atoms with Crippen LogP contribution < -0.4 is 0 Å². The molecular formula is C9H13ClS. The van der Waals surface area contributed by atoms with Crippen LogP contribution in [0.2, 0.25) is 0 Å². The van der Waals surface area contributed by atoms with Crippen molar-refractivity contribution >= 4 is 22.9 Å². The molecule has 0 fully saturated rings. The van der Waals surface area contributed by atoms with Gasteiger partial charge in [-0.2, -0.15) is 0 Å². The molecule has 0 nitrogen and oxygen atoms in total. The summed E-state index contributed by atoms with van der Waals surface area (Å²) in [7, 11) is 0. The molecule has 0 aromatic carbocycles. The summed E-state index contributed by atoms with van der Waals surface area (Å²) in [5, 5.41) is 2.14. The molecule has 0 spiro atoms. The molecule has 1 aromatic heterocycles. The number of halogens is 1. The molecular weight excluding hydrogens is 176 g/mol. The van der Waals surface area contributed by atoms with Crippen molar-refractivity contribution in [2.24, 2.45) is 5.92 Å². The van der Waals surface area contributed by atoms with E-state index >= 15 is 0 Å². The number of alkyl halides is 1. The van der Waals surface area contributed by atoms with Crippen LogP contribution in [0.3, 0.4) is 0 Å². The topological polar surface area (TPSA) is 0 Å². The average Bonchev–Trinajstić information content (AvgIpc) is 2.37. The van der Waals surface area contributed by atoms with Crippen molar-refractivity contribution in [1.29, 1.82) is 0 Å². The minimum absolute atomic E-state index is 0.602. The van der Waals surface area contributed by atoms with E-state index in [0.29, 0.717) is 5.92 Å². The predicted molar refractivity (Wildman–Crippen MR) is 52.6 cm³/mol. The van der Waals surface area contributed by atoms with E-state index in [-0.39, 0.29) is 0 Å². The fraction of sp³-hybridized carbons (Fsp3) is 0.556. The Morgan fingerprint density at radius 3 is 2.82 bits per heavy atom. The van der Waals surface area contributed by atoms with Gasteiger partial charge < -0.3 is 0 Å². The molecule has 0 amide bonds. The van der Waals surface area contributed by atoms with Crippen molar-refractivity contribution in [3.8, 4) is 0 Å². The summed E-state index contributed by atoms with van der Waals surface area (Å²) in [5.41, 5.74) is 1.46. The van der Waals surface area contributed by atoms with Gasteiger partial charge in [0.05, 0.1) is 0 Å². The fourth-order valence-electron chi connectivity index (χ4n) is 1.05. The Labute approximate surface area is 77.2 Å². The Bertz CT molecular complexity index is 217. The summed E-state index contributed by atoms with van der Waals surface area (Å²) < 4.78 is 0. The quantitative estimate of drug-likeness (QED) is 0.638. The summed E-state index contributed by atoms with van der Waals surface area (Å²) in [6.07, 6.45) is 1.12. The standard InChI is InChI=1S/C9H13ClS/c1-7(6-10)5-9-3-4-11-8(9)2/h3-4,7H,5-6H2,1-2H3. The molecule has 0 aliphatic carbocycles. The van der Waals surface area contributed by atoms with Gasteiger partial charge in [-0.1, -0.05) is 6.92 Å². The van der Waals surface area contributed by atoms with Crippen LogP contribution in [0, 0.1) is 12.8 Å². The zero-order valence-electron chi connectivity index (χ0n) is 6.93. The SMILES string of the molecule is Cc1sccc1CC(C)CCl. The van der Waals surface area contributed by atoms with Gasteiger partial charge in [0.15, 0.2) is 0 Å². The van der Waals surface area contributed by atoms with E-state index in [2.05, 4.69) is 25.3 Å². The summed E-state index contributed by atoms with van der Waals surface area (Å²) in [5.74, 6) is 1.36. The summed E-state index contributed by atoms with van der Waals surface area (Å²) >= 11 is 7.54. The number of thiophene rings is 1. The summed E-state index contributed by atoms with van der Waals surface area (Å²) in [4.78, 5) is 1.43. The highest BCUT2D eigenvalue weighted by Gasteiger charge is 2.04. The van der Waals surface area contributed by atoms with Crippen LogP contribution in [0.5, 0.6) is 0 Å². The van der Waals surface area contributed by atoms with Crippen LogP contribution in [0.25, 0.3) is 0 Å². The van der Waals surface area contributed by atoms with Crippen LogP contribution in [-0.2, 0) is 6.42 Å². The molecule has 1 heterocycles. The first kappa shape index (κ1) is 9.08. The number of rotatable bonds is 3. The lowest BCUT2D eigenvalue weighted by molar-refractivity contribution is 0.654. The molecule has 0 bridgehead atoms. The van der Waals surface area contributed by atoms with E-state index in [0.717, 1.165) is 12.3 Å². The highest BCUT2D eigenvalue weighted by atomic mass is 35.5. The van der Waals surface area contributed by atoms with Crippen LogP contribution in [-0.4, -0.2) is 5.88 Å². The van der Waals surface area contributed by atoms with Gasteiger partial charge in [-0.25, -0.2) is 0 Å². The van der Waals surface area contributed by atoms with Gasteiger partial charge in [-0.3, -0.25) is 0 Å². The third-order valence-corrected chi connectivity index (χ3v) is 3.21. The van der Waals surface area contributed by atoms with Gasteiger partial charge in [0, 0.05) is 10.8 Å². The van der Waals surface area contributed by atoms with Gasteiger partial charge in [0.1, 0.15) is 0 Å². The maximum absolute atomic E-state index is 5.72. The van der Waals surface area contributed by atoms with E-state index in [1.807, 2.05) is 11.3 Å². The Hall–Kier alpha value is -0.0100. The second-order valence-electron chi connectivity index (χ2n) is 2.97. The van der Waals surface area contributed by atoms with Crippen molar-refractivity contribution in [1.82, 2.24) is 0 Å². The average molecular weight is 189 g/mol. The first-order valence-electron chi connectivity index (χ1n) is 3.83. The molecule has 0 aliphatic heterocycles. The maximum atomic E-state index is 5.72. The van der Waals surface area contributed by atoms with Crippen LogP contribution in [0.4, 0.5) is 0 Å². The highest BCUT2D eigenvalue weighted by Crippen LogP contribution is 2.19. The highest BCUT2D eigenvalue weighted by molar-refractivity contribution is 7.10. The van der Waals surface area contributed by atoms with Crippen molar-refractivity contribution in [2.45, 2.75) is 20.3 Å². The largest absolute Gasteiger partial charge is 0.149 e. The smallest absolute Gasteiger partial charge is 0.0252 e. The lowest BCUT2D eigenvalue weighted by Crippen LogP contribution is -2.00. The fourth-order valence-corrected chi connectivity index (χ4v) is 1.90. The van der Waals surface area contributed by atoms with Gasteiger partial charge in [-0.15, -0.1) is 22.9 Å². The van der Waals surface area contributed by atoms with Gasteiger partial charge in [-0.05, 0) is 36.3 Å². The monoisotopic (exact) mass is 188 g/mol. The molecule has 0 saturated heterocycles. The minimum atomic E-state index is 0.602. The van der Waals surface area contributed by atoms with Crippen molar-refractivity contribution in [3.63, 3.8) is 0 Å². The summed E-state index contributed by atoms with van der Waals surface area (Å²) in [6.45, 7) is 4.35. The van der Waals surface area contributed by atoms with E-state index in [4.69, 9.17) is 11.6 Å². The Balaban J connectivity index is 2.56. The molecule has 1 aromatic rings. The molecule has 0 saturated carbocycles. The second kappa shape index (κ2) is 4.13. The van der Waals surface area contributed by atoms with Crippen molar-refractivity contribution in [3.05, 3.63) is 21.9 Å². The Kier molecular flexibility index (Phi) is 3.41. The summed E-state index contributed by atoms with van der Waals surface area (Å²) in [6, 6.07) is 2.20. The Morgan fingerprint density at radius 2 is 2.36 bits per heavy atom. The molecule has 11 heavy (non-hydrogen) atoms. The predicted octanol–water partition coefficient (Wildman–Crippen LogP) is 3.47. The molecule has 0 aliphatic rings. The van der Waals surface area contributed by atoms with Crippen molar-refractivity contribution < 1.29 is 0 Å². The lowest BCUT2D eigenvalue weighted by Gasteiger charge is -2.05. The van der Waals surface area contributed by atoms with E-state index in [1.54, 1.807) is 0 Å². The van der Waals surface area contributed by atoms with Gasteiger partial charge in [0.2, 0.25) is 0 Å². The number of hydrogen-bond donors (Lipinski definition) is 0. The Morgan fingerprint density at radius 1 is 1.64 bits per heavy atom. The van der Waals surface area contributed by atoms with Gasteiger partial charge in [0.25, 0.3) is 0 Å². The zero-order valence-corrected chi connectivity index (χ0v) is 8.50. The van der Waals surface area contributed by atoms with E-state index in [9.17, 15) is 0 Å². The third-order valence-electron chi connectivity index (χ3n) is 1.80. The van der Waals surface area contributed by atoms with E-state index < -0.39 is 0 Å². The molecule has 1 atom stereocenters. The van der Waals surface area contributed by atoms with Gasteiger partial charge >= 0.3 is 0 Å². The zero-order chi connectivity index (χ0) is 8.27. The normalized spacial score (nSPS) is 13.4. The molecule has 0 radical (unpaired) electrons. The third kappa shape index (κ3) is 2.49. The van der Waals surface area contributed by atoms with E-state index in [1.165, 1.54) is 10.4 Å². The van der Waals surface area contributed by atoms with Crippen LogP contribution in [0.1, 0.15) is 17.4 Å². The van der Waals surface area contributed by atoms with Crippen molar-refractivity contribution in [2.75, 3.05) is 5.88 Å². The maximum Gasteiger partial charge on any atom is 0.0252 e. The molecule has 1 rings (SSSR count). The number of aryl methyl sites for hydroxylation is 1. The first-order valence-corrected chi connectivity index (χ1v) is 5.24. The first-order chi connectivity index (χ1) is 5.24. The second-order valence-corrected chi connectivity index (χ2v) is 4.39. The number of hydrogen-bond acceptors (Lipinski definition) is 1. The van der Waals surface area contributed by atoms with Crippen LogP contribution in [0.15, 0.2) is 11.4 Å².